The maximum Gasteiger partial charge on any atom is 0.211 e. The number of hydrogen-bond acceptors (Lipinski definition) is 3. The zero-order valence-corrected chi connectivity index (χ0v) is 10.7. The fraction of sp³-hybridized carbons (Fsp3) is 0.500. The Morgan fingerprint density at radius 1 is 1.33 bits per heavy atom. The van der Waals surface area contributed by atoms with E-state index in [-0.39, 0.29) is 29.6 Å². The second kappa shape index (κ2) is 7.58. The van der Waals surface area contributed by atoms with Crippen LogP contribution in [0.2, 0.25) is 0 Å². The highest BCUT2D eigenvalue weighted by Gasteiger charge is 2.20. The molecule has 0 aliphatic carbocycles. The van der Waals surface area contributed by atoms with Crippen LogP contribution in [0.15, 0.2) is 30.3 Å². The Hall–Kier alpha value is -1.71. The van der Waals surface area contributed by atoms with Gasteiger partial charge in [-0.15, -0.1) is 0 Å². The van der Waals surface area contributed by atoms with Gasteiger partial charge in [-0.05, 0) is 12.0 Å². The second-order valence-corrected chi connectivity index (χ2v) is 4.47. The number of nitrogens with zero attached hydrogens (tertiary/aromatic N) is 1. The lowest BCUT2D eigenvalue weighted by atomic mass is 9.92. The van der Waals surface area contributed by atoms with Gasteiger partial charge >= 0.3 is 0 Å². The third-order valence-corrected chi connectivity index (χ3v) is 2.92. The molecular formula is C14H19NO3. The SMILES string of the molecule is CCCCC(=O)C[C@@H](C[N+](=O)[O-])c1ccccc1. The van der Waals surface area contributed by atoms with Crippen LogP contribution in [-0.2, 0) is 4.79 Å². The van der Waals surface area contributed by atoms with Gasteiger partial charge in [0.25, 0.3) is 0 Å². The fourth-order valence-electron chi connectivity index (χ4n) is 1.94. The molecule has 0 radical (unpaired) electrons. The van der Waals surface area contributed by atoms with Crippen LogP contribution in [-0.4, -0.2) is 17.3 Å². The molecule has 1 aromatic carbocycles. The minimum atomic E-state index is -0.342. The monoisotopic (exact) mass is 249 g/mol. The first kappa shape index (κ1) is 14.4. The van der Waals surface area contributed by atoms with E-state index in [9.17, 15) is 14.9 Å². The summed E-state index contributed by atoms with van der Waals surface area (Å²) in [7, 11) is 0. The molecule has 0 saturated carbocycles. The van der Waals surface area contributed by atoms with Crippen molar-refractivity contribution in [1.82, 2.24) is 0 Å². The van der Waals surface area contributed by atoms with Gasteiger partial charge in [-0.25, -0.2) is 0 Å². The van der Waals surface area contributed by atoms with Crippen molar-refractivity contribution < 1.29 is 9.72 Å². The number of benzene rings is 1. The molecular weight excluding hydrogens is 230 g/mol. The van der Waals surface area contributed by atoms with Crippen LogP contribution in [0.4, 0.5) is 0 Å². The lowest BCUT2D eigenvalue weighted by Crippen LogP contribution is -2.16. The first-order valence-electron chi connectivity index (χ1n) is 6.32. The molecule has 0 amide bonds. The fourth-order valence-corrected chi connectivity index (χ4v) is 1.94. The van der Waals surface area contributed by atoms with E-state index >= 15 is 0 Å². The summed E-state index contributed by atoms with van der Waals surface area (Å²) in [5.41, 5.74) is 0.874. The number of nitro groups is 1. The molecule has 0 aliphatic heterocycles. The zero-order chi connectivity index (χ0) is 13.4. The molecule has 4 nitrogen and oxygen atoms in total. The molecule has 0 bridgehead atoms. The quantitative estimate of drug-likeness (QED) is 0.525. The summed E-state index contributed by atoms with van der Waals surface area (Å²) >= 11 is 0. The number of rotatable bonds is 8. The van der Waals surface area contributed by atoms with E-state index in [2.05, 4.69) is 0 Å². The van der Waals surface area contributed by atoms with E-state index in [1.165, 1.54) is 0 Å². The van der Waals surface area contributed by atoms with Crippen LogP contribution in [0.5, 0.6) is 0 Å². The van der Waals surface area contributed by atoms with Crippen LogP contribution >= 0.6 is 0 Å². The predicted octanol–water partition coefficient (Wildman–Crippen LogP) is 3.20. The smallest absolute Gasteiger partial charge is 0.211 e. The summed E-state index contributed by atoms with van der Waals surface area (Å²) in [4.78, 5) is 22.1. The molecule has 98 valence electrons. The van der Waals surface area contributed by atoms with Crippen molar-refractivity contribution in [2.75, 3.05) is 6.54 Å². The number of Topliss-reactive ketones (excluding diaryl/α,β-unsaturated/α-hetero) is 1. The largest absolute Gasteiger partial charge is 0.300 e. The Kier molecular flexibility index (Phi) is 6.05. The van der Waals surface area contributed by atoms with Crippen LogP contribution in [0.1, 0.15) is 44.1 Å². The molecule has 0 saturated heterocycles. The van der Waals surface area contributed by atoms with Crippen molar-refractivity contribution in [2.45, 2.75) is 38.5 Å². The van der Waals surface area contributed by atoms with E-state index in [4.69, 9.17) is 0 Å². The van der Waals surface area contributed by atoms with Gasteiger partial charge in [0.1, 0.15) is 5.78 Å². The van der Waals surface area contributed by atoms with Gasteiger partial charge in [0, 0.05) is 17.8 Å². The van der Waals surface area contributed by atoms with E-state index in [1.807, 2.05) is 37.3 Å². The van der Waals surface area contributed by atoms with Crippen molar-refractivity contribution >= 4 is 5.78 Å². The number of carbonyl (C=O) groups is 1. The normalized spacial score (nSPS) is 12.1. The average molecular weight is 249 g/mol. The molecule has 18 heavy (non-hydrogen) atoms. The van der Waals surface area contributed by atoms with Crippen LogP contribution in [0, 0.1) is 10.1 Å². The van der Waals surface area contributed by atoms with Crippen molar-refractivity contribution in [3.05, 3.63) is 46.0 Å². The number of ketones is 1. The minimum Gasteiger partial charge on any atom is -0.300 e. The number of carbonyl (C=O) groups excluding carboxylic acids is 1. The molecule has 0 fully saturated rings. The zero-order valence-electron chi connectivity index (χ0n) is 10.7. The van der Waals surface area contributed by atoms with Gasteiger partial charge in [0.2, 0.25) is 6.54 Å². The maximum atomic E-state index is 11.7. The van der Waals surface area contributed by atoms with Crippen molar-refractivity contribution in [2.24, 2.45) is 0 Å². The van der Waals surface area contributed by atoms with Gasteiger partial charge in [-0.1, -0.05) is 43.7 Å². The highest BCUT2D eigenvalue weighted by molar-refractivity contribution is 5.79. The van der Waals surface area contributed by atoms with Gasteiger partial charge in [0.15, 0.2) is 0 Å². The first-order valence-corrected chi connectivity index (χ1v) is 6.32. The van der Waals surface area contributed by atoms with Crippen molar-refractivity contribution in [3.63, 3.8) is 0 Å². The Morgan fingerprint density at radius 2 is 2.00 bits per heavy atom. The standard InChI is InChI=1S/C14H19NO3/c1-2-3-9-14(16)10-13(11-15(17)18)12-7-5-4-6-8-12/h4-8,13H,2-3,9-11H2,1H3/t13-/m0/s1. The third-order valence-electron chi connectivity index (χ3n) is 2.92. The summed E-state index contributed by atoms with van der Waals surface area (Å²) in [5.74, 6) is -0.182. The predicted molar refractivity (Wildman–Crippen MR) is 70.2 cm³/mol. The van der Waals surface area contributed by atoms with Gasteiger partial charge in [-0.3, -0.25) is 14.9 Å². The van der Waals surface area contributed by atoms with E-state index in [0.29, 0.717) is 6.42 Å². The molecule has 4 heteroatoms. The summed E-state index contributed by atoms with van der Waals surface area (Å²) in [6, 6.07) is 9.26. The molecule has 0 spiro atoms. The Labute approximate surface area is 107 Å². The molecule has 0 aromatic heterocycles. The molecule has 0 unspecified atom stereocenters. The molecule has 1 aromatic rings. The number of unbranched alkanes of at least 4 members (excludes halogenated alkanes) is 1. The van der Waals surface area contributed by atoms with E-state index in [0.717, 1.165) is 18.4 Å². The Morgan fingerprint density at radius 3 is 2.56 bits per heavy atom. The van der Waals surface area contributed by atoms with Gasteiger partial charge in [-0.2, -0.15) is 0 Å². The van der Waals surface area contributed by atoms with Crippen molar-refractivity contribution in [1.29, 1.82) is 0 Å². The van der Waals surface area contributed by atoms with Crippen LogP contribution < -0.4 is 0 Å². The highest BCUT2D eigenvalue weighted by atomic mass is 16.6. The van der Waals surface area contributed by atoms with E-state index in [1.54, 1.807) is 0 Å². The third kappa shape index (κ3) is 5.08. The second-order valence-electron chi connectivity index (χ2n) is 4.47. The number of hydrogen-bond donors (Lipinski definition) is 0. The minimum absolute atomic E-state index is 0.118. The molecule has 1 rings (SSSR count). The lowest BCUT2D eigenvalue weighted by Gasteiger charge is -2.12. The first-order chi connectivity index (χ1) is 8.63. The topological polar surface area (TPSA) is 60.2 Å². The Bertz CT molecular complexity index is 389. The molecule has 0 heterocycles. The molecule has 0 N–H and O–H groups in total. The maximum absolute atomic E-state index is 11.7. The molecule has 0 aliphatic rings. The van der Waals surface area contributed by atoms with Crippen LogP contribution in [0.3, 0.4) is 0 Å². The summed E-state index contributed by atoms with van der Waals surface area (Å²) in [6.45, 7) is 1.85. The lowest BCUT2D eigenvalue weighted by molar-refractivity contribution is -0.483. The van der Waals surface area contributed by atoms with Gasteiger partial charge in [0.05, 0.1) is 5.92 Å². The molecule has 1 atom stereocenters. The van der Waals surface area contributed by atoms with Gasteiger partial charge < -0.3 is 0 Å². The average Bonchev–Trinajstić information content (AvgIpc) is 2.36. The van der Waals surface area contributed by atoms with Crippen molar-refractivity contribution in [3.8, 4) is 0 Å². The van der Waals surface area contributed by atoms with E-state index < -0.39 is 0 Å². The highest BCUT2D eigenvalue weighted by Crippen LogP contribution is 2.21. The summed E-state index contributed by atoms with van der Waals surface area (Å²) < 4.78 is 0. The summed E-state index contributed by atoms with van der Waals surface area (Å²) in [5, 5.41) is 10.7. The van der Waals surface area contributed by atoms with Crippen LogP contribution in [0.25, 0.3) is 0 Å². The Balaban J connectivity index is 2.67. The summed E-state index contributed by atoms with van der Waals surface area (Å²) in [6.07, 6.45) is 2.62.